The Morgan fingerprint density at radius 1 is 1.10 bits per heavy atom. The van der Waals surface area contributed by atoms with Gasteiger partial charge in [-0.05, 0) is 82.2 Å². The fourth-order valence-corrected chi connectivity index (χ4v) is 4.74. The van der Waals surface area contributed by atoms with E-state index in [1.807, 2.05) is 32.9 Å². The molecule has 2 aromatic carbocycles. The number of ether oxygens (including phenoxy) is 1. The quantitative estimate of drug-likeness (QED) is 0.380. The number of alkyl carbamates (subject to hydrolysis) is 1. The van der Waals surface area contributed by atoms with Crippen LogP contribution in [0.5, 0.6) is 0 Å². The first kappa shape index (κ1) is 30.0. The van der Waals surface area contributed by atoms with E-state index in [1.165, 1.54) is 0 Å². The second-order valence-electron chi connectivity index (χ2n) is 11.3. The van der Waals surface area contributed by atoms with Gasteiger partial charge in [-0.15, -0.1) is 6.42 Å². The molecule has 2 aromatic rings. The van der Waals surface area contributed by atoms with Crippen LogP contribution in [0, 0.1) is 25.2 Å². The summed E-state index contributed by atoms with van der Waals surface area (Å²) in [5.41, 5.74) is 1.83. The van der Waals surface area contributed by atoms with E-state index in [1.54, 1.807) is 56.0 Å². The Labute approximate surface area is 236 Å². The molecule has 2 atom stereocenters. The molecular formula is C31H38ClN3O4. The molecule has 0 bridgehead atoms. The molecule has 2 unspecified atom stereocenters. The van der Waals surface area contributed by atoms with Gasteiger partial charge in [0.15, 0.2) is 0 Å². The fourth-order valence-electron chi connectivity index (χ4n) is 4.47. The summed E-state index contributed by atoms with van der Waals surface area (Å²) >= 11 is 6.43. The lowest BCUT2D eigenvalue weighted by Gasteiger charge is -2.44. The van der Waals surface area contributed by atoms with E-state index in [0.29, 0.717) is 21.8 Å². The van der Waals surface area contributed by atoms with Crippen molar-refractivity contribution in [3.63, 3.8) is 0 Å². The van der Waals surface area contributed by atoms with Crippen LogP contribution >= 0.6 is 11.6 Å². The van der Waals surface area contributed by atoms with E-state index >= 15 is 0 Å². The molecule has 0 heterocycles. The summed E-state index contributed by atoms with van der Waals surface area (Å²) in [6.07, 6.45) is 7.31. The van der Waals surface area contributed by atoms with Crippen molar-refractivity contribution in [3.05, 3.63) is 64.2 Å². The molecule has 1 aliphatic carbocycles. The molecule has 0 aromatic heterocycles. The average Bonchev–Trinajstić information content (AvgIpc) is 2.82. The van der Waals surface area contributed by atoms with Crippen LogP contribution in [0.2, 0.25) is 5.02 Å². The SMILES string of the molecule is C#Cc1ccc(C(C(=O)Nc2c(C)cccc2Cl)N(C(=O)C(NC(=O)OC(C)(C)C)C(C)C)C2CCC2)cc1. The molecule has 0 radical (unpaired) electrons. The van der Waals surface area contributed by atoms with Gasteiger partial charge in [-0.2, -0.15) is 0 Å². The number of hydrogen-bond donors (Lipinski definition) is 2. The number of nitrogens with zero attached hydrogens (tertiary/aromatic N) is 1. The highest BCUT2D eigenvalue weighted by atomic mass is 35.5. The number of carbonyl (C=O) groups excluding carboxylic acids is 3. The second-order valence-corrected chi connectivity index (χ2v) is 11.7. The van der Waals surface area contributed by atoms with E-state index in [4.69, 9.17) is 22.8 Å². The van der Waals surface area contributed by atoms with Crippen LogP contribution in [-0.2, 0) is 14.3 Å². The summed E-state index contributed by atoms with van der Waals surface area (Å²) in [7, 11) is 0. The lowest BCUT2D eigenvalue weighted by molar-refractivity contribution is -0.146. The van der Waals surface area contributed by atoms with Crippen LogP contribution in [0.15, 0.2) is 42.5 Å². The first-order valence-corrected chi connectivity index (χ1v) is 13.6. The van der Waals surface area contributed by atoms with E-state index in [0.717, 1.165) is 24.8 Å². The Morgan fingerprint density at radius 3 is 2.23 bits per heavy atom. The zero-order valence-corrected chi connectivity index (χ0v) is 24.3. The van der Waals surface area contributed by atoms with Gasteiger partial charge in [0.1, 0.15) is 17.7 Å². The highest BCUT2D eigenvalue weighted by Crippen LogP contribution is 2.36. The Kier molecular flexibility index (Phi) is 9.68. The molecular weight excluding hydrogens is 514 g/mol. The number of benzene rings is 2. The van der Waals surface area contributed by atoms with Gasteiger partial charge in [0.2, 0.25) is 5.91 Å². The maximum absolute atomic E-state index is 14.3. The molecule has 0 aliphatic heterocycles. The summed E-state index contributed by atoms with van der Waals surface area (Å²) in [4.78, 5) is 42.6. The monoisotopic (exact) mass is 551 g/mol. The van der Waals surface area contributed by atoms with Crippen LogP contribution in [0.3, 0.4) is 0 Å². The van der Waals surface area contributed by atoms with Crippen LogP contribution in [-0.4, -0.2) is 40.5 Å². The highest BCUT2D eigenvalue weighted by molar-refractivity contribution is 6.34. The largest absolute Gasteiger partial charge is 0.444 e. The maximum atomic E-state index is 14.3. The summed E-state index contributed by atoms with van der Waals surface area (Å²) < 4.78 is 5.44. The van der Waals surface area contributed by atoms with Gasteiger partial charge >= 0.3 is 6.09 Å². The first-order chi connectivity index (χ1) is 18.3. The van der Waals surface area contributed by atoms with Crippen molar-refractivity contribution in [2.24, 2.45) is 5.92 Å². The fraction of sp³-hybridized carbons (Fsp3) is 0.452. The third-order valence-corrected chi connectivity index (χ3v) is 7.03. The van der Waals surface area contributed by atoms with Crippen molar-refractivity contribution in [1.29, 1.82) is 0 Å². The lowest BCUT2D eigenvalue weighted by Crippen LogP contribution is -2.58. The van der Waals surface area contributed by atoms with Gasteiger partial charge in [-0.3, -0.25) is 9.59 Å². The molecule has 2 N–H and O–H groups in total. The Bertz CT molecular complexity index is 1220. The van der Waals surface area contributed by atoms with Crippen LogP contribution < -0.4 is 10.6 Å². The second kappa shape index (κ2) is 12.6. The third kappa shape index (κ3) is 7.54. The van der Waals surface area contributed by atoms with E-state index in [2.05, 4.69) is 16.6 Å². The minimum atomic E-state index is -0.980. The van der Waals surface area contributed by atoms with Crippen molar-refractivity contribution in [2.75, 3.05) is 5.32 Å². The highest BCUT2D eigenvalue weighted by Gasteiger charge is 2.43. The molecule has 208 valence electrons. The lowest BCUT2D eigenvalue weighted by atomic mass is 9.87. The molecule has 3 amide bonds. The van der Waals surface area contributed by atoms with E-state index < -0.39 is 29.7 Å². The molecule has 3 rings (SSSR count). The number of aryl methyl sites for hydroxylation is 1. The van der Waals surface area contributed by atoms with E-state index in [-0.39, 0.29) is 17.9 Å². The van der Waals surface area contributed by atoms with Gasteiger partial charge in [-0.25, -0.2) is 4.79 Å². The number of carbonyl (C=O) groups is 3. The number of amides is 3. The summed E-state index contributed by atoms with van der Waals surface area (Å²) in [6, 6.07) is 10.3. The summed E-state index contributed by atoms with van der Waals surface area (Å²) in [5, 5.41) is 6.12. The van der Waals surface area contributed by atoms with Crippen molar-refractivity contribution in [2.45, 2.75) is 84.5 Å². The normalized spacial score (nSPS) is 14.9. The molecule has 1 fully saturated rings. The zero-order chi connectivity index (χ0) is 28.9. The number of rotatable bonds is 8. The minimum absolute atomic E-state index is 0.172. The molecule has 1 saturated carbocycles. The summed E-state index contributed by atoms with van der Waals surface area (Å²) in [6.45, 7) is 10.8. The predicted octanol–water partition coefficient (Wildman–Crippen LogP) is 6.24. The molecule has 0 spiro atoms. The van der Waals surface area contributed by atoms with Gasteiger partial charge in [-0.1, -0.05) is 55.6 Å². The Hall–Kier alpha value is -3.50. The Balaban J connectivity index is 2.06. The number of halogens is 1. The molecule has 8 heteroatoms. The number of terminal acetylenes is 1. The number of para-hydroxylation sites is 1. The standard InChI is InChI=1S/C31H38ClN3O4/c1-8-21-15-17-22(18-16-21)27(28(36)33-26-20(4)11-9-14-24(26)32)35(23-12-10-13-23)29(37)25(19(2)3)34-30(38)39-31(5,6)7/h1,9,11,14-19,23,25,27H,10,12-13H2,2-7H3,(H,33,36)(H,34,38). The Morgan fingerprint density at radius 2 is 1.74 bits per heavy atom. The molecule has 39 heavy (non-hydrogen) atoms. The smallest absolute Gasteiger partial charge is 0.408 e. The van der Waals surface area contributed by atoms with Crippen molar-refractivity contribution in [3.8, 4) is 12.3 Å². The number of anilines is 1. The van der Waals surface area contributed by atoms with E-state index in [9.17, 15) is 14.4 Å². The van der Waals surface area contributed by atoms with Crippen molar-refractivity contribution < 1.29 is 19.1 Å². The topological polar surface area (TPSA) is 87.7 Å². The average molecular weight is 552 g/mol. The van der Waals surface area contributed by atoms with Crippen LogP contribution in [0.1, 0.15) is 76.6 Å². The van der Waals surface area contributed by atoms with Gasteiger partial charge in [0.25, 0.3) is 5.91 Å². The number of nitrogens with one attached hydrogen (secondary N) is 2. The zero-order valence-electron chi connectivity index (χ0n) is 23.5. The molecule has 1 aliphatic rings. The molecule has 7 nitrogen and oxygen atoms in total. The van der Waals surface area contributed by atoms with Crippen molar-refractivity contribution >= 4 is 35.2 Å². The van der Waals surface area contributed by atoms with Gasteiger partial charge < -0.3 is 20.3 Å². The van der Waals surface area contributed by atoms with Crippen molar-refractivity contribution in [1.82, 2.24) is 10.2 Å². The summed E-state index contributed by atoms with van der Waals surface area (Å²) in [5.74, 6) is 1.58. The molecule has 0 saturated heterocycles. The first-order valence-electron chi connectivity index (χ1n) is 13.3. The third-order valence-electron chi connectivity index (χ3n) is 6.72. The minimum Gasteiger partial charge on any atom is -0.444 e. The van der Waals surface area contributed by atoms with Gasteiger partial charge in [0.05, 0.1) is 10.7 Å². The number of hydrogen-bond acceptors (Lipinski definition) is 4. The predicted molar refractivity (Wildman–Crippen MR) is 154 cm³/mol. The van der Waals surface area contributed by atoms with Gasteiger partial charge in [0, 0.05) is 11.6 Å². The van der Waals surface area contributed by atoms with Crippen LogP contribution in [0.4, 0.5) is 10.5 Å². The maximum Gasteiger partial charge on any atom is 0.408 e. The van der Waals surface area contributed by atoms with Crippen LogP contribution in [0.25, 0.3) is 0 Å².